The molecule has 2 aromatic carbocycles. The fourth-order valence-electron chi connectivity index (χ4n) is 3.10. The van der Waals surface area contributed by atoms with Crippen LogP contribution in [0, 0.1) is 5.82 Å². The normalized spacial score (nSPS) is 13.2. The molecule has 7 heteroatoms. The first-order valence-corrected chi connectivity index (χ1v) is 10.4. The number of likely N-dealkylation sites (N-methyl/N-ethyl adjacent to an activating group) is 1. The second-order valence-corrected chi connectivity index (χ2v) is 8.16. The summed E-state index contributed by atoms with van der Waals surface area (Å²) in [5, 5.41) is 11.2. The van der Waals surface area contributed by atoms with Crippen molar-refractivity contribution in [3.8, 4) is 0 Å². The fraction of sp³-hybridized carbons (Fsp3) is 0.333. The van der Waals surface area contributed by atoms with E-state index in [1.54, 1.807) is 16.5 Å². The Hall–Kier alpha value is -2.11. The summed E-state index contributed by atoms with van der Waals surface area (Å²) in [7, 11) is 1.92. The van der Waals surface area contributed by atoms with E-state index in [2.05, 4.69) is 4.90 Å². The van der Waals surface area contributed by atoms with E-state index in [0.29, 0.717) is 5.56 Å². The van der Waals surface area contributed by atoms with Crippen LogP contribution in [-0.4, -0.2) is 41.6 Å². The highest BCUT2D eigenvalue weighted by molar-refractivity contribution is 7.37. The smallest absolute Gasteiger partial charge is 0.388 e. The minimum absolute atomic E-state index is 0.104. The number of aromatic nitrogens is 1. The van der Waals surface area contributed by atoms with E-state index in [1.165, 1.54) is 12.1 Å². The quantitative estimate of drug-likeness (QED) is 0.534. The molecule has 148 valence electrons. The Morgan fingerprint density at radius 1 is 1.21 bits per heavy atom. The van der Waals surface area contributed by atoms with Crippen LogP contribution in [0.15, 0.2) is 54.7 Å². The summed E-state index contributed by atoms with van der Waals surface area (Å²) in [6.07, 6.45) is 2.10. The molecule has 0 amide bonds. The van der Waals surface area contributed by atoms with Gasteiger partial charge in [0.1, 0.15) is 12.4 Å². The van der Waals surface area contributed by atoms with Crippen molar-refractivity contribution in [1.82, 2.24) is 9.24 Å². The van der Waals surface area contributed by atoms with Gasteiger partial charge in [0.05, 0.1) is 17.8 Å². The molecule has 0 aliphatic heterocycles. The Balaban J connectivity index is 1.66. The molecule has 0 aliphatic rings. The Morgan fingerprint density at radius 2 is 2.00 bits per heavy atom. The molecular formula is C21H25FN2O3P+. The zero-order chi connectivity index (χ0) is 20.1. The van der Waals surface area contributed by atoms with Gasteiger partial charge in [0, 0.05) is 18.4 Å². The highest BCUT2D eigenvalue weighted by Crippen LogP contribution is 2.34. The van der Waals surface area contributed by atoms with Crippen molar-refractivity contribution in [2.45, 2.75) is 18.9 Å². The zero-order valence-corrected chi connectivity index (χ0v) is 17.0. The van der Waals surface area contributed by atoms with Crippen molar-refractivity contribution in [2.24, 2.45) is 0 Å². The molecule has 0 saturated carbocycles. The molecule has 0 spiro atoms. The Bertz CT molecular complexity index is 958. The minimum atomic E-state index is -2.12. The lowest BCUT2D eigenvalue weighted by Gasteiger charge is -2.08. The van der Waals surface area contributed by atoms with E-state index in [0.717, 1.165) is 29.4 Å². The summed E-state index contributed by atoms with van der Waals surface area (Å²) in [6, 6.07) is 13.7. The lowest BCUT2D eigenvalue weighted by atomic mass is 10.1. The van der Waals surface area contributed by atoms with Crippen LogP contribution in [0.4, 0.5) is 4.39 Å². The second kappa shape index (κ2) is 9.39. The molecule has 3 rings (SSSR count). The second-order valence-electron chi connectivity index (χ2n) is 7.00. The molecule has 1 aromatic heterocycles. The van der Waals surface area contributed by atoms with Crippen molar-refractivity contribution >= 4 is 19.1 Å². The summed E-state index contributed by atoms with van der Waals surface area (Å²) in [5.74, 6) is -0.396. The van der Waals surface area contributed by atoms with Crippen molar-refractivity contribution in [3.05, 3.63) is 71.7 Å². The molecule has 0 aliphatic carbocycles. The first-order valence-electron chi connectivity index (χ1n) is 9.23. The van der Waals surface area contributed by atoms with Crippen molar-refractivity contribution < 1.29 is 18.6 Å². The fourth-order valence-corrected chi connectivity index (χ4v) is 4.07. The van der Waals surface area contributed by atoms with Gasteiger partial charge in [-0.3, -0.25) is 0 Å². The van der Waals surface area contributed by atoms with E-state index >= 15 is 0 Å². The lowest BCUT2D eigenvalue weighted by Crippen LogP contribution is -2.14. The van der Waals surface area contributed by atoms with Gasteiger partial charge in [0.15, 0.2) is 0 Å². The van der Waals surface area contributed by atoms with Crippen LogP contribution in [-0.2, 0) is 15.5 Å². The third kappa shape index (κ3) is 5.03. The van der Waals surface area contributed by atoms with Crippen LogP contribution in [0.25, 0.3) is 10.9 Å². The molecule has 0 bridgehead atoms. The van der Waals surface area contributed by atoms with Crippen LogP contribution in [0.1, 0.15) is 23.7 Å². The number of hydrogen-bond donors (Lipinski definition) is 1. The maximum atomic E-state index is 13.3. The predicted molar refractivity (Wildman–Crippen MR) is 109 cm³/mol. The highest BCUT2D eigenvalue weighted by Gasteiger charge is 2.26. The third-order valence-corrected chi connectivity index (χ3v) is 5.69. The van der Waals surface area contributed by atoms with Gasteiger partial charge in [-0.15, -0.1) is 8.86 Å². The van der Waals surface area contributed by atoms with E-state index in [4.69, 9.17) is 4.52 Å². The molecular weight excluding hydrogens is 378 g/mol. The summed E-state index contributed by atoms with van der Waals surface area (Å²) in [6.45, 7) is 0.998. The summed E-state index contributed by atoms with van der Waals surface area (Å²) in [4.78, 5) is 2.11. The van der Waals surface area contributed by atoms with Crippen LogP contribution in [0.3, 0.4) is 0 Å². The monoisotopic (exact) mass is 403 g/mol. The summed E-state index contributed by atoms with van der Waals surface area (Å²) < 4.78 is 33.1. The van der Waals surface area contributed by atoms with E-state index in [9.17, 15) is 14.1 Å². The van der Waals surface area contributed by atoms with Crippen LogP contribution in [0.2, 0.25) is 0 Å². The third-order valence-electron chi connectivity index (χ3n) is 4.61. The van der Waals surface area contributed by atoms with Crippen molar-refractivity contribution in [1.29, 1.82) is 0 Å². The molecule has 1 heterocycles. The molecule has 0 fully saturated rings. The van der Waals surface area contributed by atoms with Gasteiger partial charge in [0.25, 0.3) is 0 Å². The SMILES string of the molecule is CN(C)CCc1cn([P+](=O)OCCC(O)c2cccc(F)c2)c2ccccc12. The lowest BCUT2D eigenvalue weighted by molar-refractivity contribution is 0.142. The maximum absolute atomic E-state index is 13.3. The maximum Gasteiger partial charge on any atom is 0.650 e. The van der Waals surface area contributed by atoms with Crippen LogP contribution < -0.4 is 0 Å². The largest absolute Gasteiger partial charge is 0.650 e. The average molecular weight is 403 g/mol. The number of aliphatic hydroxyl groups excluding tert-OH is 1. The molecule has 1 N–H and O–H groups in total. The van der Waals surface area contributed by atoms with Crippen LogP contribution in [0.5, 0.6) is 0 Å². The van der Waals surface area contributed by atoms with Crippen molar-refractivity contribution in [2.75, 3.05) is 27.2 Å². The first kappa shape index (κ1) is 20.6. The number of halogens is 1. The predicted octanol–water partition coefficient (Wildman–Crippen LogP) is 4.53. The van der Waals surface area contributed by atoms with Gasteiger partial charge in [-0.1, -0.05) is 30.3 Å². The molecule has 0 saturated heterocycles. The number of rotatable bonds is 9. The van der Waals surface area contributed by atoms with Gasteiger partial charge < -0.3 is 10.0 Å². The molecule has 5 nitrogen and oxygen atoms in total. The van der Waals surface area contributed by atoms with E-state index < -0.39 is 20.1 Å². The van der Waals surface area contributed by atoms with Gasteiger partial charge in [0.2, 0.25) is 0 Å². The topological polar surface area (TPSA) is 54.7 Å². The standard InChI is InChI=1S/C21H25FN2O3P/c1-23(2)12-10-17-15-24(20-9-4-3-8-19(17)20)28(26)27-13-11-21(25)16-6-5-7-18(22)14-16/h3-9,14-15,21,25H,10-13H2,1-2H3/q+1. The van der Waals surface area contributed by atoms with E-state index in [1.807, 2.05) is 44.6 Å². The number of para-hydroxylation sites is 1. The molecule has 0 radical (unpaired) electrons. The summed E-state index contributed by atoms with van der Waals surface area (Å²) in [5.41, 5.74) is 2.47. The Kier molecular flexibility index (Phi) is 6.92. The van der Waals surface area contributed by atoms with Crippen molar-refractivity contribution in [3.63, 3.8) is 0 Å². The minimum Gasteiger partial charge on any atom is -0.388 e. The average Bonchev–Trinajstić information content (AvgIpc) is 3.05. The molecule has 2 atom stereocenters. The van der Waals surface area contributed by atoms with Crippen LogP contribution >= 0.6 is 8.18 Å². The Labute approximate surface area is 165 Å². The number of benzene rings is 2. The summed E-state index contributed by atoms with van der Waals surface area (Å²) >= 11 is 0. The van der Waals surface area contributed by atoms with Gasteiger partial charge in [-0.25, -0.2) is 4.39 Å². The number of aliphatic hydroxyl groups is 1. The number of hydrogen-bond acceptors (Lipinski definition) is 4. The van der Waals surface area contributed by atoms with Gasteiger partial charge >= 0.3 is 8.18 Å². The molecule has 2 unspecified atom stereocenters. The Morgan fingerprint density at radius 3 is 2.75 bits per heavy atom. The van der Waals surface area contributed by atoms with E-state index in [-0.39, 0.29) is 13.0 Å². The number of nitrogens with zero attached hydrogens (tertiary/aromatic N) is 2. The van der Waals surface area contributed by atoms with Gasteiger partial charge in [-0.05, 0) is 54.4 Å². The zero-order valence-electron chi connectivity index (χ0n) is 16.1. The number of fused-ring (bicyclic) bond motifs is 1. The van der Waals surface area contributed by atoms with Gasteiger partial charge in [-0.2, -0.15) is 0 Å². The first-order chi connectivity index (χ1) is 13.5. The molecule has 28 heavy (non-hydrogen) atoms. The molecule has 3 aromatic rings. The highest BCUT2D eigenvalue weighted by atomic mass is 31.1.